The molecule has 0 heterocycles. The van der Waals surface area contributed by atoms with Crippen molar-refractivity contribution in [1.29, 1.82) is 0 Å². The van der Waals surface area contributed by atoms with Crippen molar-refractivity contribution in [2.45, 2.75) is 32.7 Å². The van der Waals surface area contributed by atoms with Gasteiger partial charge in [-0.25, -0.2) is 0 Å². The molecule has 0 aliphatic rings. The maximum atomic E-state index is 6.02. The number of ether oxygens (including phenoxy) is 1. The highest BCUT2D eigenvalue weighted by Crippen LogP contribution is 2.33. The van der Waals surface area contributed by atoms with Crippen molar-refractivity contribution in [3.8, 4) is 11.5 Å². The molecule has 2 aromatic rings. The Hall–Kier alpha value is -1.32. The molecule has 2 nitrogen and oxygen atoms in total. The molecule has 3 heteroatoms. The van der Waals surface area contributed by atoms with Crippen LogP contribution in [0.4, 0.5) is 0 Å². The summed E-state index contributed by atoms with van der Waals surface area (Å²) in [5.41, 5.74) is 8.20. The molecule has 20 heavy (non-hydrogen) atoms. The fraction of sp³-hybridized carbons (Fsp3) is 0.294. The third-order valence-electron chi connectivity index (χ3n) is 3.23. The number of benzene rings is 2. The van der Waals surface area contributed by atoms with Gasteiger partial charge in [0.2, 0.25) is 0 Å². The average Bonchev–Trinajstić information content (AvgIpc) is 2.38. The molecule has 0 amide bonds. The van der Waals surface area contributed by atoms with Crippen LogP contribution in [0, 0.1) is 0 Å². The van der Waals surface area contributed by atoms with Crippen molar-refractivity contribution in [1.82, 2.24) is 0 Å². The highest BCUT2D eigenvalue weighted by Gasteiger charge is 2.10. The predicted octanol–water partition coefficient (Wildman–Crippen LogP) is 5.38. The maximum absolute atomic E-state index is 6.02. The van der Waals surface area contributed by atoms with Crippen LogP contribution in [0.2, 0.25) is 0 Å². The minimum atomic E-state index is 0.00127. The van der Waals surface area contributed by atoms with Gasteiger partial charge in [0.15, 0.2) is 0 Å². The lowest BCUT2D eigenvalue weighted by atomic mass is 10.0. The summed E-state index contributed by atoms with van der Waals surface area (Å²) in [5.74, 6) is 2.15. The van der Waals surface area contributed by atoms with Crippen LogP contribution in [-0.4, -0.2) is 0 Å². The van der Waals surface area contributed by atoms with Crippen molar-refractivity contribution in [2.24, 2.45) is 5.73 Å². The molecule has 0 aliphatic carbocycles. The third kappa shape index (κ3) is 3.41. The van der Waals surface area contributed by atoms with Gasteiger partial charge in [-0.05, 0) is 42.2 Å². The van der Waals surface area contributed by atoms with Crippen LogP contribution >= 0.6 is 15.9 Å². The van der Waals surface area contributed by atoms with Crippen molar-refractivity contribution in [3.05, 3.63) is 58.1 Å². The lowest BCUT2D eigenvalue weighted by molar-refractivity contribution is 0.472. The maximum Gasteiger partial charge on any atom is 0.130 e. The first-order chi connectivity index (χ1) is 9.49. The van der Waals surface area contributed by atoms with Crippen LogP contribution in [0.1, 0.15) is 43.9 Å². The highest BCUT2D eigenvalue weighted by atomic mass is 79.9. The van der Waals surface area contributed by atoms with Gasteiger partial charge in [0.05, 0.1) is 0 Å². The van der Waals surface area contributed by atoms with Crippen LogP contribution < -0.4 is 10.5 Å². The molecule has 0 aromatic heterocycles. The van der Waals surface area contributed by atoms with Crippen LogP contribution in [0.5, 0.6) is 11.5 Å². The molecule has 0 radical (unpaired) electrons. The van der Waals surface area contributed by atoms with E-state index in [0.29, 0.717) is 5.92 Å². The molecular formula is C17H20BrNO. The first-order valence-corrected chi connectivity index (χ1v) is 7.60. The van der Waals surface area contributed by atoms with Crippen LogP contribution in [-0.2, 0) is 0 Å². The first-order valence-electron chi connectivity index (χ1n) is 6.81. The van der Waals surface area contributed by atoms with E-state index >= 15 is 0 Å². The summed E-state index contributed by atoms with van der Waals surface area (Å²) in [6.07, 6.45) is 0. The van der Waals surface area contributed by atoms with E-state index in [4.69, 9.17) is 10.5 Å². The SMILES string of the molecule is CC(C)c1ccccc1Oc1ccc(C(C)N)c(Br)c1. The highest BCUT2D eigenvalue weighted by molar-refractivity contribution is 9.10. The third-order valence-corrected chi connectivity index (χ3v) is 3.92. The lowest BCUT2D eigenvalue weighted by Gasteiger charge is -2.15. The van der Waals surface area contributed by atoms with Crippen LogP contribution in [0.25, 0.3) is 0 Å². The number of para-hydroxylation sites is 1. The van der Waals surface area contributed by atoms with Crippen molar-refractivity contribution >= 4 is 15.9 Å². The Bertz CT molecular complexity index is 593. The van der Waals surface area contributed by atoms with Crippen molar-refractivity contribution in [2.75, 3.05) is 0 Å². The Morgan fingerprint density at radius 2 is 1.70 bits per heavy atom. The van der Waals surface area contributed by atoms with E-state index in [2.05, 4.69) is 35.8 Å². The van der Waals surface area contributed by atoms with Gasteiger partial charge < -0.3 is 10.5 Å². The van der Waals surface area contributed by atoms with Gasteiger partial charge in [-0.2, -0.15) is 0 Å². The molecule has 2 rings (SSSR count). The summed E-state index contributed by atoms with van der Waals surface area (Å²) in [4.78, 5) is 0. The predicted molar refractivity (Wildman–Crippen MR) is 87.3 cm³/mol. The molecule has 0 spiro atoms. The molecule has 0 bridgehead atoms. The van der Waals surface area contributed by atoms with Gasteiger partial charge in [-0.15, -0.1) is 0 Å². The second-order valence-corrected chi connectivity index (χ2v) is 6.12. The zero-order valence-corrected chi connectivity index (χ0v) is 13.6. The molecule has 0 fully saturated rings. The minimum Gasteiger partial charge on any atom is -0.457 e. The van der Waals surface area contributed by atoms with E-state index in [1.165, 1.54) is 5.56 Å². The molecule has 0 saturated carbocycles. The smallest absolute Gasteiger partial charge is 0.130 e. The summed E-state index contributed by atoms with van der Waals surface area (Å²) < 4.78 is 6.99. The number of nitrogens with two attached hydrogens (primary N) is 1. The monoisotopic (exact) mass is 333 g/mol. The zero-order chi connectivity index (χ0) is 14.7. The summed E-state index contributed by atoms with van der Waals surface area (Å²) >= 11 is 3.55. The molecule has 1 unspecified atom stereocenters. The van der Waals surface area contributed by atoms with E-state index in [0.717, 1.165) is 21.5 Å². The van der Waals surface area contributed by atoms with Crippen molar-refractivity contribution in [3.63, 3.8) is 0 Å². The van der Waals surface area contributed by atoms with E-state index < -0.39 is 0 Å². The van der Waals surface area contributed by atoms with Gasteiger partial charge in [-0.1, -0.05) is 54.0 Å². The van der Waals surface area contributed by atoms with E-state index in [1.54, 1.807) is 0 Å². The fourth-order valence-corrected chi connectivity index (χ4v) is 2.84. The van der Waals surface area contributed by atoms with Gasteiger partial charge in [0.1, 0.15) is 11.5 Å². The Kier molecular flexibility index (Phi) is 4.84. The normalized spacial score (nSPS) is 12.5. The van der Waals surface area contributed by atoms with Gasteiger partial charge in [0, 0.05) is 10.5 Å². The second-order valence-electron chi connectivity index (χ2n) is 5.27. The molecular weight excluding hydrogens is 314 g/mol. The summed E-state index contributed by atoms with van der Waals surface area (Å²) in [5, 5.41) is 0. The summed E-state index contributed by atoms with van der Waals surface area (Å²) in [6, 6.07) is 14.1. The van der Waals surface area contributed by atoms with Crippen LogP contribution in [0.15, 0.2) is 46.9 Å². The average molecular weight is 334 g/mol. The first kappa shape index (κ1) is 15.1. The van der Waals surface area contributed by atoms with E-state index in [-0.39, 0.29) is 6.04 Å². The molecule has 1 atom stereocenters. The van der Waals surface area contributed by atoms with Crippen molar-refractivity contribution < 1.29 is 4.74 Å². The molecule has 0 aliphatic heterocycles. The molecule has 0 saturated heterocycles. The molecule has 2 N–H and O–H groups in total. The summed E-state index contributed by atoms with van der Waals surface area (Å²) in [6.45, 7) is 6.29. The fourth-order valence-electron chi connectivity index (χ4n) is 2.12. The molecule has 106 valence electrons. The van der Waals surface area contributed by atoms with Gasteiger partial charge >= 0.3 is 0 Å². The Morgan fingerprint density at radius 1 is 1.00 bits per heavy atom. The Balaban J connectivity index is 2.29. The number of hydrogen-bond donors (Lipinski definition) is 1. The van der Waals surface area contributed by atoms with Gasteiger partial charge in [-0.3, -0.25) is 0 Å². The number of rotatable bonds is 4. The van der Waals surface area contributed by atoms with E-state index in [9.17, 15) is 0 Å². The van der Waals surface area contributed by atoms with E-state index in [1.807, 2.05) is 43.3 Å². The largest absolute Gasteiger partial charge is 0.457 e. The number of halogens is 1. The quantitative estimate of drug-likeness (QED) is 0.814. The second kappa shape index (κ2) is 6.42. The number of hydrogen-bond acceptors (Lipinski definition) is 2. The Labute approximate surface area is 129 Å². The standard InChI is InChI=1S/C17H20BrNO/c1-11(2)14-6-4-5-7-17(14)20-13-8-9-15(12(3)19)16(18)10-13/h4-12H,19H2,1-3H3. The zero-order valence-electron chi connectivity index (χ0n) is 12.1. The molecule has 2 aromatic carbocycles. The minimum absolute atomic E-state index is 0.00127. The van der Waals surface area contributed by atoms with Gasteiger partial charge in [0.25, 0.3) is 0 Å². The lowest BCUT2D eigenvalue weighted by Crippen LogP contribution is -2.05. The van der Waals surface area contributed by atoms with Crippen LogP contribution in [0.3, 0.4) is 0 Å². The topological polar surface area (TPSA) is 35.2 Å². The Morgan fingerprint density at radius 3 is 2.30 bits per heavy atom. The summed E-state index contributed by atoms with van der Waals surface area (Å²) in [7, 11) is 0.